The number of nitrogens with one attached hydrogen (secondary N) is 2. The van der Waals surface area contributed by atoms with Crippen LogP contribution in [0.3, 0.4) is 0 Å². The molecule has 1 aromatic carbocycles. The Labute approximate surface area is 126 Å². The fraction of sp³-hybridized carbons (Fsp3) is 0.200. The fourth-order valence-electron chi connectivity index (χ4n) is 2.22. The van der Waals surface area contributed by atoms with E-state index in [1.54, 1.807) is 10.6 Å². The first kappa shape index (κ1) is 14.0. The Bertz CT molecular complexity index is 853. The van der Waals surface area contributed by atoms with Gasteiger partial charge in [0.15, 0.2) is 5.82 Å². The lowest BCUT2D eigenvalue weighted by Gasteiger charge is -2.11. The number of nitrogens with zero attached hydrogens (tertiary/aromatic N) is 3. The Balaban J connectivity index is 1.73. The van der Waals surface area contributed by atoms with Crippen LogP contribution in [0.5, 0.6) is 0 Å². The molecule has 0 bridgehead atoms. The van der Waals surface area contributed by atoms with Crippen molar-refractivity contribution in [1.82, 2.24) is 24.9 Å². The van der Waals surface area contributed by atoms with Gasteiger partial charge >= 0.3 is 0 Å². The number of amides is 1. The number of carbonyl (C=O) groups excluding carboxylic acids is 1. The van der Waals surface area contributed by atoms with Crippen LogP contribution in [-0.4, -0.2) is 25.5 Å². The van der Waals surface area contributed by atoms with Crippen LogP contribution in [0.4, 0.5) is 0 Å². The molecule has 22 heavy (non-hydrogen) atoms. The summed E-state index contributed by atoms with van der Waals surface area (Å²) in [5.41, 5.74) is 0.843. The zero-order chi connectivity index (χ0) is 15.5. The second-order valence-electron chi connectivity index (χ2n) is 4.95. The molecule has 0 aliphatic heterocycles. The largest absolute Gasteiger partial charge is 0.348 e. The number of hydrogen-bond donors (Lipinski definition) is 2. The lowest BCUT2D eigenvalue weighted by atomic mass is 10.0. The van der Waals surface area contributed by atoms with E-state index in [1.165, 1.54) is 6.20 Å². The first-order valence-electron chi connectivity index (χ1n) is 6.91. The van der Waals surface area contributed by atoms with Gasteiger partial charge in [-0.3, -0.25) is 14.0 Å². The van der Waals surface area contributed by atoms with E-state index >= 15 is 0 Å². The van der Waals surface area contributed by atoms with E-state index in [-0.39, 0.29) is 29.6 Å². The van der Waals surface area contributed by atoms with Gasteiger partial charge in [0.1, 0.15) is 0 Å². The average molecular weight is 297 g/mol. The number of aromatic amines is 1. The minimum atomic E-state index is -0.315. The van der Waals surface area contributed by atoms with Crippen LogP contribution in [0, 0.1) is 0 Å². The number of rotatable bonds is 4. The molecular weight excluding hydrogens is 282 g/mol. The molecule has 1 atom stereocenters. The quantitative estimate of drug-likeness (QED) is 0.746. The standard InChI is InChI=1S/C15H15N5O2/c1-10(11-5-3-2-4-6-11)14(21)17-9-12-18-19-13-15(22)16-7-8-20(12)13/h2-8,10H,9H2,1H3,(H,16,22)(H,17,21)/t10-/m1/s1. The maximum Gasteiger partial charge on any atom is 0.293 e. The third-order valence-electron chi connectivity index (χ3n) is 3.52. The van der Waals surface area contributed by atoms with Crippen LogP contribution in [0.2, 0.25) is 0 Å². The highest BCUT2D eigenvalue weighted by molar-refractivity contribution is 5.83. The third kappa shape index (κ3) is 2.60. The molecule has 0 unspecified atom stereocenters. The molecule has 3 rings (SSSR count). The number of benzene rings is 1. The van der Waals surface area contributed by atoms with Crippen molar-refractivity contribution in [3.8, 4) is 0 Å². The van der Waals surface area contributed by atoms with Gasteiger partial charge in [-0.2, -0.15) is 0 Å². The number of fused-ring (bicyclic) bond motifs is 1. The van der Waals surface area contributed by atoms with E-state index in [2.05, 4.69) is 20.5 Å². The van der Waals surface area contributed by atoms with Crippen molar-refractivity contribution in [2.75, 3.05) is 0 Å². The topological polar surface area (TPSA) is 92.2 Å². The summed E-state index contributed by atoms with van der Waals surface area (Å²) in [7, 11) is 0. The molecule has 0 spiro atoms. The minimum absolute atomic E-state index is 0.104. The molecule has 112 valence electrons. The maximum absolute atomic E-state index is 12.2. The van der Waals surface area contributed by atoms with Gasteiger partial charge < -0.3 is 10.3 Å². The summed E-state index contributed by atoms with van der Waals surface area (Å²) >= 11 is 0. The molecule has 7 nitrogen and oxygen atoms in total. The number of aromatic nitrogens is 4. The summed E-state index contributed by atoms with van der Waals surface area (Å²) in [6.07, 6.45) is 3.16. The van der Waals surface area contributed by atoms with Crippen molar-refractivity contribution < 1.29 is 4.79 Å². The van der Waals surface area contributed by atoms with Gasteiger partial charge in [-0.05, 0) is 12.5 Å². The SMILES string of the molecule is C[C@@H](C(=O)NCc1nnc2c(=O)[nH]ccn12)c1ccccc1. The highest BCUT2D eigenvalue weighted by Crippen LogP contribution is 2.14. The van der Waals surface area contributed by atoms with E-state index in [4.69, 9.17) is 0 Å². The van der Waals surface area contributed by atoms with Gasteiger partial charge in [-0.1, -0.05) is 30.3 Å². The molecule has 2 N–H and O–H groups in total. The molecule has 0 saturated carbocycles. The van der Waals surface area contributed by atoms with Crippen LogP contribution in [0.15, 0.2) is 47.5 Å². The Morgan fingerprint density at radius 3 is 2.86 bits per heavy atom. The molecular formula is C15H15N5O2. The van der Waals surface area contributed by atoms with Gasteiger partial charge in [-0.25, -0.2) is 0 Å². The van der Waals surface area contributed by atoms with Crippen molar-refractivity contribution >= 4 is 11.6 Å². The van der Waals surface area contributed by atoms with Gasteiger partial charge in [0.2, 0.25) is 11.6 Å². The van der Waals surface area contributed by atoms with Crippen LogP contribution < -0.4 is 10.9 Å². The van der Waals surface area contributed by atoms with Crippen molar-refractivity contribution in [3.63, 3.8) is 0 Å². The Hall–Kier alpha value is -2.96. The number of carbonyl (C=O) groups is 1. The summed E-state index contributed by atoms with van der Waals surface area (Å²) in [5.74, 6) is 0.145. The number of hydrogen-bond acceptors (Lipinski definition) is 4. The molecule has 2 heterocycles. The van der Waals surface area contributed by atoms with Crippen LogP contribution in [-0.2, 0) is 11.3 Å². The predicted molar refractivity (Wildman–Crippen MR) is 80.3 cm³/mol. The summed E-state index contributed by atoms with van der Waals surface area (Å²) in [6, 6.07) is 9.54. The third-order valence-corrected chi connectivity index (χ3v) is 3.52. The molecule has 7 heteroatoms. The summed E-state index contributed by atoms with van der Waals surface area (Å²) in [4.78, 5) is 26.3. The molecule has 1 amide bonds. The molecule has 0 fully saturated rings. The van der Waals surface area contributed by atoms with Gasteiger partial charge in [0.25, 0.3) is 5.56 Å². The normalized spacial score (nSPS) is 12.2. The van der Waals surface area contributed by atoms with Crippen molar-refractivity contribution in [1.29, 1.82) is 0 Å². The van der Waals surface area contributed by atoms with Crippen molar-refractivity contribution in [2.45, 2.75) is 19.4 Å². The lowest BCUT2D eigenvalue weighted by Crippen LogP contribution is -2.28. The molecule has 0 aliphatic carbocycles. The van der Waals surface area contributed by atoms with Crippen molar-refractivity contribution in [3.05, 3.63) is 64.5 Å². The second-order valence-corrected chi connectivity index (χ2v) is 4.95. The molecule has 2 aromatic heterocycles. The summed E-state index contributed by atoms with van der Waals surface area (Å²) < 4.78 is 1.56. The van der Waals surface area contributed by atoms with Crippen LogP contribution in [0.1, 0.15) is 24.2 Å². The Morgan fingerprint density at radius 2 is 2.09 bits per heavy atom. The first-order chi connectivity index (χ1) is 10.7. The Morgan fingerprint density at radius 1 is 1.32 bits per heavy atom. The van der Waals surface area contributed by atoms with E-state index in [0.29, 0.717) is 5.82 Å². The molecule has 0 saturated heterocycles. The zero-order valence-electron chi connectivity index (χ0n) is 12.0. The second kappa shape index (κ2) is 5.80. The summed E-state index contributed by atoms with van der Waals surface area (Å²) in [5, 5.41) is 10.6. The zero-order valence-corrected chi connectivity index (χ0v) is 12.0. The highest BCUT2D eigenvalue weighted by atomic mass is 16.2. The monoisotopic (exact) mass is 297 g/mol. The maximum atomic E-state index is 12.2. The van der Waals surface area contributed by atoms with Crippen molar-refractivity contribution in [2.24, 2.45) is 0 Å². The minimum Gasteiger partial charge on any atom is -0.348 e. The lowest BCUT2D eigenvalue weighted by molar-refractivity contribution is -0.122. The first-order valence-corrected chi connectivity index (χ1v) is 6.91. The van der Waals surface area contributed by atoms with Gasteiger partial charge in [0, 0.05) is 12.4 Å². The predicted octanol–water partition coefficient (Wildman–Crippen LogP) is 0.837. The van der Waals surface area contributed by atoms with Gasteiger partial charge in [-0.15, -0.1) is 10.2 Å². The highest BCUT2D eigenvalue weighted by Gasteiger charge is 2.16. The average Bonchev–Trinajstić information content (AvgIpc) is 2.97. The van der Waals surface area contributed by atoms with Crippen LogP contribution in [0.25, 0.3) is 5.65 Å². The van der Waals surface area contributed by atoms with E-state index in [1.807, 2.05) is 37.3 Å². The van der Waals surface area contributed by atoms with Crippen LogP contribution >= 0.6 is 0 Å². The smallest absolute Gasteiger partial charge is 0.293 e. The van der Waals surface area contributed by atoms with E-state index < -0.39 is 0 Å². The van der Waals surface area contributed by atoms with Gasteiger partial charge in [0.05, 0.1) is 12.5 Å². The fourth-order valence-corrected chi connectivity index (χ4v) is 2.22. The molecule has 3 aromatic rings. The Kier molecular flexibility index (Phi) is 3.69. The van der Waals surface area contributed by atoms with E-state index in [0.717, 1.165) is 5.56 Å². The summed E-state index contributed by atoms with van der Waals surface area (Å²) in [6.45, 7) is 2.05. The molecule has 0 aliphatic rings. The number of H-pyrrole nitrogens is 1. The molecule has 0 radical (unpaired) electrons. The van der Waals surface area contributed by atoms with E-state index in [9.17, 15) is 9.59 Å².